The van der Waals surface area contributed by atoms with Crippen LogP contribution in [0.25, 0.3) is 0 Å². The van der Waals surface area contributed by atoms with E-state index in [2.05, 4.69) is 0 Å². The lowest BCUT2D eigenvalue weighted by molar-refractivity contribution is -0.148. The number of ether oxygens (including phenoxy) is 2. The molecule has 0 spiro atoms. The molecule has 2 atom stereocenters. The highest BCUT2D eigenvalue weighted by atomic mass is 31.1. The Balaban J connectivity index is 1.92. The maximum atomic E-state index is 12.2. The molecule has 0 fully saturated rings. The van der Waals surface area contributed by atoms with Gasteiger partial charge in [0.05, 0.1) is 22.0 Å². The maximum Gasteiger partial charge on any atom is 0.345 e. The molecule has 2 aromatic rings. The fourth-order valence-electron chi connectivity index (χ4n) is 1.97. The molecule has 140 valence electrons. The average molecular weight is 376 g/mol. The zero-order valence-electron chi connectivity index (χ0n) is 15.1. The number of esters is 1. The third kappa shape index (κ3) is 7.12. The lowest BCUT2D eigenvalue weighted by Crippen LogP contribution is -2.22. The van der Waals surface area contributed by atoms with Gasteiger partial charge in [0.1, 0.15) is 5.75 Å². The SMILES string of the molecule is CC(C)(CO)COPC(OC(=O)COc1ccccc1)c1ccccc1. The molecule has 0 saturated heterocycles. The summed E-state index contributed by atoms with van der Waals surface area (Å²) >= 11 is 0. The van der Waals surface area contributed by atoms with E-state index >= 15 is 0 Å². The second kappa shape index (κ2) is 10.3. The topological polar surface area (TPSA) is 65.0 Å². The number of carbonyl (C=O) groups is 1. The van der Waals surface area contributed by atoms with Gasteiger partial charge in [-0.3, -0.25) is 0 Å². The Hall–Kier alpha value is -1.94. The highest BCUT2D eigenvalue weighted by Gasteiger charge is 2.21. The van der Waals surface area contributed by atoms with Crippen molar-refractivity contribution >= 4 is 14.8 Å². The minimum absolute atomic E-state index is 0.0260. The smallest absolute Gasteiger partial charge is 0.345 e. The zero-order valence-corrected chi connectivity index (χ0v) is 16.1. The minimum atomic E-state index is -0.502. The quantitative estimate of drug-likeness (QED) is 0.503. The highest BCUT2D eigenvalue weighted by molar-refractivity contribution is 7.32. The largest absolute Gasteiger partial charge is 0.482 e. The Morgan fingerprint density at radius 2 is 1.69 bits per heavy atom. The van der Waals surface area contributed by atoms with Gasteiger partial charge in [0.25, 0.3) is 0 Å². The summed E-state index contributed by atoms with van der Waals surface area (Å²) in [5.74, 6) is -0.345. The van der Waals surface area contributed by atoms with E-state index in [0.717, 1.165) is 5.56 Å². The summed E-state index contributed by atoms with van der Waals surface area (Å²) in [5, 5.41) is 9.32. The molecule has 2 aromatic carbocycles. The molecule has 0 radical (unpaired) electrons. The summed E-state index contributed by atoms with van der Waals surface area (Å²) in [5.41, 5.74) is 0.523. The first kappa shape index (κ1) is 20.4. The molecule has 0 heterocycles. The monoisotopic (exact) mass is 376 g/mol. The van der Waals surface area contributed by atoms with E-state index in [1.165, 1.54) is 0 Å². The van der Waals surface area contributed by atoms with Crippen LogP contribution in [-0.2, 0) is 14.1 Å². The summed E-state index contributed by atoms with van der Waals surface area (Å²) in [6.45, 7) is 4.06. The number of rotatable bonds is 10. The van der Waals surface area contributed by atoms with Gasteiger partial charge in [-0.15, -0.1) is 0 Å². The number of aliphatic hydroxyl groups excluding tert-OH is 1. The molecular formula is C20H25O5P. The normalized spacial score (nSPS) is 12.9. The lowest BCUT2D eigenvalue weighted by Gasteiger charge is -2.24. The van der Waals surface area contributed by atoms with Crippen LogP contribution >= 0.6 is 8.81 Å². The van der Waals surface area contributed by atoms with E-state index in [0.29, 0.717) is 12.4 Å². The van der Waals surface area contributed by atoms with Crippen molar-refractivity contribution in [2.45, 2.75) is 19.7 Å². The Kier molecular flexibility index (Phi) is 8.05. The van der Waals surface area contributed by atoms with E-state index in [4.69, 9.17) is 14.0 Å². The molecule has 2 unspecified atom stereocenters. The first-order valence-corrected chi connectivity index (χ1v) is 9.39. The molecule has 0 amide bonds. The van der Waals surface area contributed by atoms with Gasteiger partial charge in [-0.1, -0.05) is 62.4 Å². The van der Waals surface area contributed by atoms with Crippen molar-refractivity contribution in [1.29, 1.82) is 0 Å². The van der Waals surface area contributed by atoms with Gasteiger partial charge in [0, 0.05) is 5.41 Å². The van der Waals surface area contributed by atoms with Crippen LogP contribution in [-0.4, -0.2) is 30.9 Å². The summed E-state index contributed by atoms with van der Waals surface area (Å²) in [7, 11) is -0.0686. The van der Waals surface area contributed by atoms with Crippen LogP contribution < -0.4 is 4.74 Å². The second-order valence-electron chi connectivity index (χ2n) is 6.61. The van der Waals surface area contributed by atoms with Crippen molar-refractivity contribution < 1.29 is 23.9 Å². The van der Waals surface area contributed by atoms with Gasteiger partial charge >= 0.3 is 5.97 Å². The molecule has 0 aromatic heterocycles. The molecular weight excluding hydrogens is 351 g/mol. The van der Waals surface area contributed by atoms with Crippen molar-refractivity contribution in [3.63, 3.8) is 0 Å². The first-order chi connectivity index (χ1) is 12.5. The predicted molar refractivity (Wildman–Crippen MR) is 102 cm³/mol. The second-order valence-corrected chi connectivity index (χ2v) is 7.66. The standard InChI is InChI=1S/C20H25O5P/c1-20(2,14-21)15-24-26-19(16-9-5-3-6-10-16)25-18(22)13-23-17-11-7-4-8-12-17/h3-12,19,21,26H,13-15H2,1-2H3. The lowest BCUT2D eigenvalue weighted by atomic mass is 9.97. The summed E-state index contributed by atoms with van der Waals surface area (Å²) in [4.78, 5) is 12.2. The van der Waals surface area contributed by atoms with Crippen LogP contribution in [0.1, 0.15) is 25.3 Å². The predicted octanol–water partition coefficient (Wildman–Crippen LogP) is 3.94. The average Bonchev–Trinajstić information content (AvgIpc) is 2.67. The van der Waals surface area contributed by atoms with E-state index in [-0.39, 0.29) is 27.4 Å². The fourth-order valence-corrected chi connectivity index (χ4v) is 3.10. The Morgan fingerprint density at radius 1 is 1.08 bits per heavy atom. The van der Waals surface area contributed by atoms with Gasteiger partial charge in [0.2, 0.25) is 0 Å². The van der Waals surface area contributed by atoms with Crippen LogP contribution in [0.2, 0.25) is 0 Å². The number of hydrogen-bond donors (Lipinski definition) is 1. The molecule has 2 rings (SSSR count). The van der Waals surface area contributed by atoms with Crippen LogP contribution in [0.5, 0.6) is 5.75 Å². The minimum Gasteiger partial charge on any atom is -0.482 e. The summed E-state index contributed by atoms with van der Waals surface area (Å²) < 4.78 is 16.7. The van der Waals surface area contributed by atoms with Gasteiger partial charge in [-0.05, 0) is 17.7 Å². The fraction of sp³-hybridized carbons (Fsp3) is 0.350. The van der Waals surface area contributed by atoms with Gasteiger partial charge in [0.15, 0.2) is 12.5 Å². The summed E-state index contributed by atoms with van der Waals surface area (Å²) in [6, 6.07) is 18.6. The van der Waals surface area contributed by atoms with Crippen molar-refractivity contribution in [1.82, 2.24) is 0 Å². The van der Waals surface area contributed by atoms with Gasteiger partial charge in [-0.25, -0.2) is 4.79 Å². The number of para-hydroxylation sites is 1. The number of benzene rings is 2. The molecule has 0 aliphatic heterocycles. The van der Waals surface area contributed by atoms with Gasteiger partial charge < -0.3 is 19.1 Å². The number of aliphatic hydroxyl groups is 1. The van der Waals surface area contributed by atoms with E-state index in [9.17, 15) is 9.90 Å². The maximum absolute atomic E-state index is 12.2. The van der Waals surface area contributed by atoms with E-state index in [1.807, 2.05) is 62.4 Å². The molecule has 0 aliphatic carbocycles. The van der Waals surface area contributed by atoms with Crippen molar-refractivity contribution in [2.75, 3.05) is 19.8 Å². The molecule has 6 heteroatoms. The van der Waals surface area contributed by atoms with Crippen LogP contribution in [0.3, 0.4) is 0 Å². The molecule has 26 heavy (non-hydrogen) atoms. The summed E-state index contributed by atoms with van der Waals surface area (Å²) in [6.07, 6.45) is 0. The van der Waals surface area contributed by atoms with Crippen LogP contribution in [0, 0.1) is 5.41 Å². The number of carbonyl (C=O) groups excluding carboxylic acids is 1. The third-order valence-electron chi connectivity index (χ3n) is 3.53. The molecule has 0 saturated carbocycles. The Bertz CT molecular complexity index is 660. The zero-order chi connectivity index (χ0) is 18.8. The Morgan fingerprint density at radius 3 is 2.31 bits per heavy atom. The van der Waals surface area contributed by atoms with Gasteiger partial charge in [-0.2, -0.15) is 0 Å². The highest BCUT2D eigenvalue weighted by Crippen LogP contribution is 2.38. The Labute approximate surface area is 156 Å². The molecule has 0 bridgehead atoms. The molecule has 0 aliphatic rings. The first-order valence-electron chi connectivity index (χ1n) is 8.41. The van der Waals surface area contributed by atoms with E-state index < -0.39 is 11.8 Å². The van der Waals surface area contributed by atoms with Crippen molar-refractivity contribution in [2.24, 2.45) is 5.41 Å². The van der Waals surface area contributed by atoms with Crippen molar-refractivity contribution in [3.05, 3.63) is 66.2 Å². The van der Waals surface area contributed by atoms with Crippen LogP contribution in [0.4, 0.5) is 0 Å². The molecule has 5 nitrogen and oxygen atoms in total. The number of hydrogen-bond acceptors (Lipinski definition) is 5. The third-order valence-corrected chi connectivity index (χ3v) is 4.51. The van der Waals surface area contributed by atoms with Crippen LogP contribution in [0.15, 0.2) is 60.7 Å². The van der Waals surface area contributed by atoms with Crippen molar-refractivity contribution in [3.8, 4) is 5.75 Å². The molecule has 1 N–H and O–H groups in total. The van der Waals surface area contributed by atoms with E-state index in [1.54, 1.807) is 12.1 Å².